The normalized spacial score (nSPS) is 16.0. The Kier molecular flexibility index (Phi) is 3.70. The lowest BCUT2D eigenvalue weighted by Gasteiger charge is -2.13. The minimum absolute atomic E-state index is 0.0601. The number of hydrogen-bond acceptors (Lipinski definition) is 3. The minimum atomic E-state index is -0.700. The van der Waals surface area contributed by atoms with Crippen molar-refractivity contribution in [3.8, 4) is 33.8 Å². The zero-order valence-electron chi connectivity index (χ0n) is 13.4. The third kappa shape index (κ3) is 2.65. The summed E-state index contributed by atoms with van der Waals surface area (Å²) in [6.45, 7) is 0. The first-order valence-electron chi connectivity index (χ1n) is 8.16. The monoisotopic (exact) mass is 336 g/mol. The lowest BCUT2D eigenvalue weighted by Crippen LogP contribution is -1.95. The molecule has 4 rings (SSSR count). The van der Waals surface area contributed by atoms with Crippen molar-refractivity contribution >= 4 is 0 Å². The summed E-state index contributed by atoms with van der Waals surface area (Å²) in [6.07, 6.45) is 0.446. The van der Waals surface area contributed by atoms with E-state index >= 15 is 0 Å². The molecular formula is C21H17FO3. The maximum Gasteiger partial charge on any atom is 0.131 e. The molecule has 0 bridgehead atoms. The van der Waals surface area contributed by atoms with E-state index in [2.05, 4.69) is 0 Å². The van der Waals surface area contributed by atoms with Gasteiger partial charge < -0.3 is 15.3 Å². The molecule has 0 fully saturated rings. The van der Waals surface area contributed by atoms with Crippen LogP contribution in [0.2, 0.25) is 0 Å². The van der Waals surface area contributed by atoms with E-state index in [9.17, 15) is 19.7 Å². The van der Waals surface area contributed by atoms with Crippen molar-refractivity contribution in [1.82, 2.24) is 0 Å². The summed E-state index contributed by atoms with van der Waals surface area (Å²) in [4.78, 5) is 0. The average molecular weight is 336 g/mol. The Morgan fingerprint density at radius 2 is 1.52 bits per heavy atom. The topological polar surface area (TPSA) is 60.7 Å². The first kappa shape index (κ1) is 15.7. The first-order chi connectivity index (χ1) is 12.0. The van der Waals surface area contributed by atoms with Gasteiger partial charge >= 0.3 is 0 Å². The van der Waals surface area contributed by atoms with Crippen LogP contribution in [0, 0.1) is 5.82 Å². The van der Waals surface area contributed by atoms with Crippen LogP contribution in [0.15, 0.2) is 54.6 Å². The highest BCUT2D eigenvalue weighted by Gasteiger charge is 2.27. The lowest BCUT2D eigenvalue weighted by molar-refractivity contribution is 0.176. The maximum absolute atomic E-state index is 14.8. The average Bonchev–Trinajstić information content (AvgIpc) is 2.99. The van der Waals surface area contributed by atoms with Crippen LogP contribution >= 0.6 is 0 Å². The summed E-state index contributed by atoms with van der Waals surface area (Å²) in [6, 6.07) is 14.8. The van der Waals surface area contributed by atoms with Gasteiger partial charge in [0, 0.05) is 11.1 Å². The first-order valence-corrected chi connectivity index (χ1v) is 8.16. The predicted molar refractivity (Wildman–Crippen MR) is 93.9 cm³/mol. The van der Waals surface area contributed by atoms with Gasteiger partial charge in [0.2, 0.25) is 0 Å². The standard InChI is InChI=1S/C21H17FO3/c22-18-11-13(12-1-4-14(23)5-2-12)3-6-16(18)15-7-9-19(24)21-17(15)8-10-20(21)25/h1-7,9,11,20,23-25H,8,10H2. The van der Waals surface area contributed by atoms with E-state index in [0.29, 0.717) is 29.5 Å². The highest BCUT2D eigenvalue weighted by atomic mass is 19.1. The zero-order valence-corrected chi connectivity index (χ0v) is 13.4. The Morgan fingerprint density at radius 3 is 2.24 bits per heavy atom. The molecule has 126 valence electrons. The number of phenols is 2. The molecule has 0 radical (unpaired) electrons. The molecule has 0 aliphatic heterocycles. The molecule has 1 aliphatic rings. The Hall–Kier alpha value is -2.85. The summed E-state index contributed by atoms with van der Waals surface area (Å²) >= 11 is 0. The molecule has 3 nitrogen and oxygen atoms in total. The van der Waals surface area contributed by atoms with Gasteiger partial charge in [0.05, 0.1) is 6.10 Å². The molecule has 1 unspecified atom stereocenters. The van der Waals surface area contributed by atoms with Gasteiger partial charge in [0.15, 0.2) is 0 Å². The molecule has 0 spiro atoms. The van der Waals surface area contributed by atoms with E-state index in [1.54, 1.807) is 36.4 Å². The number of aliphatic hydroxyl groups is 1. The van der Waals surface area contributed by atoms with E-state index in [-0.39, 0.29) is 17.3 Å². The molecule has 0 saturated carbocycles. The predicted octanol–water partition coefficient (Wildman–Crippen LogP) is 4.55. The molecule has 0 amide bonds. The van der Waals surface area contributed by atoms with Crippen LogP contribution in [-0.4, -0.2) is 15.3 Å². The molecule has 0 heterocycles. The number of phenolic OH excluding ortho intramolecular Hbond substituents is 2. The fourth-order valence-corrected chi connectivity index (χ4v) is 3.54. The fraction of sp³-hybridized carbons (Fsp3) is 0.143. The van der Waals surface area contributed by atoms with Gasteiger partial charge in [-0.25, -0.2) is 4.39 Å². The van der Waals surface area contributed by atoms with Gasteiger partial charge in [0.25, 0.3) is 0 Å². The number of hydrogen-bond donors (Lipinski definition) is 3. The Morgan fingerprint density at radius 1 is 0.840 bits per heavy atom. The minimum Gasteiger partial charge on any atom is -0.508 e. The largest absolute Gasteiger partial charge is 0.508 e. The molecule has 0 aromatic heterocycles. The van der Waals surface area contributed by atoms with Crippen LogP contribution in [0.3, 0.4) is 0 Å². The van der Waals surface area contributed by atoms with Gasteiger partial charge in [0.1, 0.15) is 17.3 Å². The second kappa shape index (κ2) is 5.90. The van der Waals surface area contributed by atoms with Crippen molar-refractivity contribution in [1.29, 1.82) is 0 Å². The van der Waals surface area contributed by atoms with Gasteiger partial charge in [-0.15, -0.1) is 0 Å². The number of rotatable bonds is 2. The molecule has 1 aliphatic carbocycles. The SMILES string of the molecule is Oc1ccc(-c2ccc(-c3ccc(O)c4c3CCC4O)c(F)c2)cc1. The van der Waals surface area contributed by atoms with E-state index in [1.807, 2.05) is 6.07 Å². The van der Waals surface area contributed by atoms with E-state index in [1.165, 1.54) is 12.1 Å². The maximum atomic E-state index is 14.8. The summed E-state index contributed by atoms with van der Waals surface area (Å²) in [5.41, 5.74) is 4.02. The highest BCUT2D eigenvalue weighted by Crippen LogP contribution is 2.43. The van der Waals surface area contributed by atoms with Crippen LogP contribution in [0.5, 0.6) is 11.5 Å². The Bertz CT molecular complexity index is 948. The van der Waals surface area contributed by atoms with Crippen LogP contribution in [0.1, 0.15) is 23.7 Å². The van der Waals surface area contributed by atoms with Crippen molar-refractivity contribution in [3.63, 3.8) is 0 Å². The third-order valence-corrected chi connectivity index (χ3v) is 4.79. The highest BCUT2D eigenvalue weighted by molar-refractivity contribution is 5.75. The van der Waals surface area contributed by atoms with Crippen molar-refractivity contribution < 1.29 is 19.7 Å². The van der Waals surface area contributed by atoms with Crippen LogP contribution in [-0.2, 0) is 6.42 Å². The lowest BCUT2D eigenvalue weighted by atomic mass is 9.94. The summed E-state index contributed by atoms with van der Waals surface area (Å²) in [5, 5.41) is 29.4. The van der Waals surface area contributed by atoms with Gasteiger partial charge in [-0.2, -0.15) is 0 Å². The van der Waals surface area contributed by atoms with Crippen molar-refractivity contribution in [2.75, 3.05) is 0 Å². The quantitative estimate of drug-likeness (QED) is 0.643. The number of aliphatic hydroxyl groups excluding tert-OH is 1. The number of halogens is 1. The molecular weight excluding hydrogens is 319 g/mol. The third-order valence-electron chi connectivity index (χ3n) is 4.79. The molecule has 0 saturated heterocycles. The molecule has 3 aromatic carbocycles. The van der Waals surface area contributed by atoms with Crippen LogP contribution in [0.25, 0.3) is 22.3 Å². The molecule has 4 heteroatoms. The summed E-state index contributed by atoms with van der Waals surface area (Å²) < 4.78 is 14.8. The smallest absolute Gasteiger partial charge is 0.131 e. The fourth-order valence-electron chi connectivity index (χ4n) is 3.54. The van der Waals surface area contributed by atoms with Crippen LogP contribution < -0.4 is 0 Å². The van der Waals surface area contributed by atoms with E-state index < -0.39 is 6.10 Å². The van der Waals surface area contributed by atoms with E-state index in [4.69, 9.17) is 0 Å². The number of aromatic hydroxyl groups is 2. The van der Waals surface area contributed by atoms with Crippen molar-refractivity contribution in [2.45, 2.75) is 18.9 Å². The summed E-state index contributed by atoms with van der Waals surface area (Å²) in [7, 11) is 0. The number of benzene rings is 3. The molecule has 3 N–H and O–H groups in total. The van der Waals surface area contributed by atoms with Gasteiger partial charge in [-0.05, 0) is 59.4 Å². The Labute approximate surface area is 144 Å². The Balaban J connectivity index is 1.79. The van der Waals surface area contributed by atoms with Gasteiger partial charge in [-0.3, -0.25) is 0 Å². The second-order valence-electron chi connectivity index (χ2n) is 6.32. The van der Waals surface area contributed by atoms with Crippen molar-refractivity contribution in [2.24, 2.45) is 0 Å². The number of fused-ring (bicyclic) bond motifs is 1. The molecule has 3 aromatic rings. The summed E-state index contributed by atoms with van der Waals surface area (Å²) in [5.74, 6) is -0.135. The molecule has 1 atom stereocenters. The zero-order chi connectivity index (χ0) is 17.6. The van der Waals surface area contributed by atoms with E-state index in [0.717, 1.165) is 16.7 Å². The van der Waals surface area contributed by atoms with Crippen molar-refractivity contribution in [3.05, 3.63) is 71.5 Å². The van der Waals surface area contributed by atoms with Crippen LogP contribution in [0.4, 0.5) is 4.39 Å². The molecule has 25 heavy (non-hydrogen) atoms. The second-order valence-corrected chi connectivity index (χ2v) is 6.32. The van der Waals surface area contributed by atoms with Gasteiger partial charge in [-0.1, -0.05) is 30.3 Å².